The summed E-state index contributed by atoms with van der Waals surface area (Å²) in [5, 5.41) is 3.22. The average molecular weight is 433 g/mol. The van der Waals surface area contributed by atoms with Crippen molar-refractivity contribution >= 4 is 15.9 Å². The van der Waals surface area contributed by atoms with E-state index in [1.807, 2.05) is 12.1 Å². The number of fused-ring (bicyclic) bond motifs is 2. The highest BCUT2D eigenvalue weighted by molar-refractivity contribution is 7.89. The molecule has 1 amide bonds. The lowest BCUT2D eigenvalue weighted by Gasteiger charge is -2.28. The van der Waals surface area contributed by atoms with Crippen LogP contribution in [-0.2, 0) is 21.2 Å². The summed E-state index contributed by atoms with van der Waals surface area (Å²) in [6.45, 7) is 3.39. The predicted octanol–water partition coefficient (Wildman–Crippen LogP) is 4.12. The summed E-state index contributed by atoms with van der Waals surface area (Å²) in [5.74, 6) is 2.45. The Kier molecular flexibility index (Phi) is 6.83. The van der Waals surface area contributed by atoms with Gasteiger partial charge in [0, 0.05) is 25.6 Å². The number of hydrogen-bond donors (Lipinski definition) is 1. The summed E-state index contributed by atoms with van der Waals surface area (Å²) >= 11 is 0. The normalized spacial score (nSPS) is 28.2. The van der Waals surface area contributed by atoms with Crippen molar-refractivity contribution in [1.29, 1.82) is 0 Å². The van der Waals surface area contributed by atoms with Gasteiger partial charge in [0.1, 0.15) is 0 Å². The highest BCUT2D eigenvalue weighted by Gasteiger charge is 2.42. The van der Waals surface area contributed by atoms with Crippen LogP contribution < -0.4 is 5.32 Å². The van der Waals surface area contributed by atoms with Gasteiger partial charge in [0.25, 0.3) is 0 Å². The second kappa shape index (κ2) is 9.39. The molecule has 5 nitrogen and oxygen atoms in total. The lowest BCUT2D eigenvalue weighted by atomic mass is 9.84. The molecule has 0 radical (unpaired) electrons. The lowest BCUT2D eigenvalue weighted by Crippen LogP contribution is -2.40. The van der Waals surface area contributed by atoms with Gasteiger partial charge in [-0.05, 0) is 80.9 Å². The fraction of sp³-hybridized carbons (Fsp3) is 0.708. The number of hydrogen-bond acceptors (Lipinski definition) is 3. The summed E-state index contributed by atoms with van der Waals surface area (Å²) < 4.78 is 27.4. The van der Waals surface area contributed by atoms with Crippen LogP contribution in [0.5, 0.6) is 0 Å². The molecule has 3 aliphatic rings. The summed E-state index contributed by atoms with van der Waals surface area (Å²) in [6, 6.07) is 7.37. The van der Waals surface area contributed by atoms with Crippen LogP contribution in [-0.4, -0.2) is 37.8 Å². The first-order chi connectivity index (χ1) is 14.4. The Hall–Kier alpha value is -1.40. The maximum Gasteiger partial charge on any atom is 0.243 e. The largest absolute Gasteiger partial charge is 0.353 e. The third-order valence-corrected chi connectivity index (χ3v) is 9.50. The minimum absolute atomic E-state index is 0.103. The molecule has 1 heterocycles. The van der Waals surface area contributed by atoms with E-state index in [0.29, 0.717) is 36.7 Å². The van der Waals surface area contributed by atoms with Gasteiger partial charge in [0.05, 0.1) is 4.90 Å². The minimum Gasteiger partial charge on any atom is -0.353 e. The van der Waals surface area contributed by atoms with Crippen LogP contribution in [0.25, 0.3) is 0 Å². The molecule has 1 N–H and O–H groups in total. The maximum atomic E-state index is 12.9. The van der Waals surface area contributed by atoms with E-state index in [1.54, 1.807) is 16.4 Å². The van der Waals surface area contributed by atoms with Crippen LogP contribution in [0.4, 0.5) is 0 Å². The molecule has 1 aromatic carbocycles. The zero-order chi connectivity index (χ0) is 21.1. The van der Waals surface area contributed by atoms with Crippen molar-refractivity contribution in [3.05, 3.63) is 29.8 Å². The standard InChI is InChI=1S/C24H36N2O3S/c1-18(23-17-20-6-10-21(23)16-20)25-24(27)13-9-19-7-11-22(12-8-19)30(28,29)26-14-4-2-3-5-15-26/h7-8,11-12,18,20-21,23H,2-6,9-10,13-17H2,1H3,(H,25,27). The maximum absolute atomic E-state index is 12.9. The first-order valence-electron chi connectivity index (χ1n) is 11.8. The lowest BCUT2D eigenvalue weighted by molar-refractivity contribution is -0.122. The molecule has 1 aromatic rings. The van der Waals surface area contributed by atoms with E-state index in [9.17, 15) is 13.2 Å². The van der Waals surface area contributed by atoms with Gasteiger partial charge in [0.2, 0.25) is 15.9 Å². The first kappa shape index (κ1) is 21.8. The smallest absolute Gasteiger partial charge is 0.243 e. The Morgan fingerprint density at radius 3 is 2.37 bits per heavy atom. The fourth-order valence-electron chi connectivity index (χ4n) is 5.86. The van der Waals surface area contributed by atoms with Crippen molar-refractivity contribution in [2.45, 2.75) is 82.1 Å². The van der Waals surface area contributed by atoms with Gasteiger partial charge in [-0.1, -0.05) is 31.4 Å². The van der Waals surface area contributed by atoms with Crippen molar-refractivity contribution in [3.63, 3.8) is 0 Å². The number of sulfonamides is 1. The third-order valence-electron chi connectivity index (χ3n) is 7.59. The van der Waals surface area contributed by atoms with E-state index in [0.717, 1.165) is 43.1 Å². The second-order valence-corrected chi connectivity index (χ2v) is 11.6. The molecular formula is C24H36N2O3S. The monoisotopic (exact) mass is 432 g/mol. The van der Waals surface area contributed by atoms with Gasteiger partial charge in [-0.15, -0.1) is 0 Å². The van der Waals surface area contributed by atoms with Crippen LogP contribution in [0.3, 0.4) is 0 Å². The SMILES string of the molecule is CC(NC(=O)CCc1ccc(S(=O)(=O)N2CCCCCC2)cc1)C1CC2CCC1C2. The Labute approximate surface area is 181 Å². The van der Waals surface area contributed by atoms with Crippen molar-refractivity contribution in [2.75, 3.05) is 13.1 Å². The molecule has 4 unspecified atom stereocenters. The van der Waals surface area contributed by atoms with E-state index in [2.05, 4.69) is 12.2 Å². The molecule has 166 valence electrons. The molecule has 4 atom stereocenters. The van der Waals surface area contributed by atoms with E-state index >= 15 is 0 Å². The number of amides is 1. The number of nitrogens with one attached hydrogen (secondary N) is 1. The summed E-state index contributed by atoms with van der Waals surface area (Å²) in [5.41, 5.74) is 1.01. The van der Waals surface area contributed by atoms with Crippen molar-refractivity contribution in [1.82, 2.24) is 9.62 Å². The van der Waals surface area contributed by atoms with Crippen LogP contribution in [0.15, 0.2) is 29.2 Å². The minimum atomic E-state index is -3.41. The average Bonchev–Trinajstić information content (AvgIpc) is 3.26. The van der Waals surface area contributed by atoms with E-state index in [-0.39, 0.29) is 11.9 Å². The van der Waals surface area contributed by atoms with Gasteiger partial charge < -0.3 is 5.32 Å². The van der Waals surface area contributed by atoms with Crippen molar-refractivity contribution in [2.24, 2.45) is 17.8 Å². The van der Waals surface area contributed by atoms with Crippen molar-refractivity contribution in [3.8, 4) is 0 Å². The Bertz CT molecular complexity index is 829. The van der Waals surface area contributed by atoms with Crippen LogP contribution >= 0.6 is 0 Å². The zero-order valence-electron chi connectivity index (χ0n) is 18.2. The second-order valence-electron chi connectivity index (χ2n) is 9.66. The van der Waals surface area contributed by atoms with Crippen molar-refractivity contribution < 1.29 is 13.2 Å². The molecule has 2 bridgehead atoms. The highest BCUT2D eigenvalue weighted by atomic mass is 32.2. The number of aryl methyl sites for hydroxylation is 1. The predicted molar refractivity (Wildman–Crippen MR) is 119 cm³/mol. The number of carbonyl (C=O) groups is 1. The topological polar surface area (TPSA) is 66.5 Å². The van der Waals surface area contributed by atoms with Gasteiger partial charge in [0.15, 0.2) is 0 Å². The van der Waals surface area contributed by atoms with E-state index in [4.69, 9.17) is 0 Å². The molecule has 0 spiro atoms. The van der Waals surface area contributed by atoms with Gasteiger partial charge in [-0.3, -0.25) is 4.79 Å². The quantitative estimate of drug-likeness (QED) is 0.705. The summed E-state index contributed by atoms with van der Waals surface area (Å²) in [7, 11) is -3.41. The van der Waals surface area contributed by atoms with Gasteiger partial charge in [-0.2, -0.15) is 4.31 Å². The fourth-order valence-corrected chi connectivity index (χ4v) is 7.37. The molecule has 2 aliphatic carbocycles. The molecule has 6 heteroatoms. The highest BCUT2D eigenvalue weighted by Crippen LogP contribution is 2.49. The third kappa shape index (κ3) is 4.91. The molecule has 1 aliphatic heterocycles. The molecular weight excluding hydrogens is 396 g/mol. The molecule has 30 heavy (non-hydrogen) atoms. The van der Waals surface area contributed by atoms with Crippen LogP contribution in [0, 0.1) is 17.8 Å². The summed E-state index contributed by atoms with van der Waals surface area (Å²) in [6.07, 6.45) is 10.5. The Morgan fingerprint density at radius 1 is 1.07 bits per heavy atom. The number of nitrogens with zero attached hydrogens (tertiary/aromatic N) is 1. The Balaban J connectivity index is 1.27. The van der Waals surface area contributed by atoms with Gasteiger partial charge in [-0.25, -0.2) is 8.42 Å². The number of carbonyl (C=O) groups excluding carboxylic acids is 1. The summed E-state index contributed by atoms with van der Waals surface area (Å²) in [4.78, 5) is 12.8. The molecule has 1 saturated heterocycles. The first-order valence-corrected chi connectivity index (χ1v) is 13.3. The van der Waals surface area contributed by atoms with E-state index < -0.39 is 10.0 Å². The zero-order valence-corrected chi connectivity index (χ0v) is 19.0. The van der Waals surface area contributed by atoms with Crippen LogP contribution in [0.2, 0.25) is 0 Å². The van der Waals surface area contributed by atoms with E-state index in [1.165, 1.54) is 25.7 Å². The van der Waals surface area contributed by atoms with Crippen LogP contribution in [0.1, 0.15) is 70.3 Å². The number of benzene rings is 1. The molecule has 2 saturated carbocycles. The van der Waals surface area contributed by atoms with Gasteiger partial charge >= 0.3 is 0 Å². The number of rotatable bonds is 7. The molecule has 3 fully saturated rings. The Morgan fingerprint density at radius 2 is 1.77 bits per heavy atom. The molecule has 4 rings (SSSR count). The molecule has 0 aromatic heterocycles.